The van der Waals surface area contributed by atoms with E-state index >= 15 is 4.39 Å². The van der Waals surface area contributed by atoms with Gasteiger partial charge in [0.1, 0.15) is 34.3 Å². The van der Waals surface area contributed by atoms with Crippen LogP contribution >= 0.6 is 11.5 Å². The number of halogens is 1. The number of nitrogens with zero attached hydrogens (tertiary/aromatic N) is 3. The molecule has 0 spiro atoms. The summed E-state index contributed by atoms with van der Waals surface area (Å²) in [4.78, 5) is 3.64. The Balaban J connectivity index is 1.31. The molecule has 1 fully saturated rings. The Morgan fingerprint density at radius 2 is 1.93 bits per heavy atom. The van der Waals surface area contributed by atoms with Crippen molar-refractivity contribution >= 4 is 26.7 Å². The number of benzene rings is 3. The first kappa shape index (κ1) is 29.3. The summed E-state index contributed by atoms with van der Waals surface area (Å²) < 4.78 is 65.9. The number of hydrogen-bond donors (Lipinski definition) is 1. The van der Waals surface area contributed by atoms with E-state index in [1.165, 1.54) is 56.6 Å². The van der Waals surface area contributed by atoms with Crippen LogP contribution < -0.4 is 23.8 Å². The average molecular weight is 625 g/mol. The largest absolute Gasteiger partial charge is 0.497 e. The number of anilines is 1. The molecular formula is C31H33FN4O5S2. The van der Waals surface area contributed by atoms with Gasteiger partial charge in [0.2, 0.25) is 5.13 Å². The molecule has 9 nitrogen and oxygen atoms in total. The molecule has 12 heteroatoms. The summed E-state index contributed by atoms with van der Waals surface area (Å²) in [6, 6.07) is 16.3. The topological polar surface area (TPSA) is 103 Å². The standard InChI is InChI=1S/C31H33FN4O5S2/c1-39-23-11-10-20(28(15-23)40-2)17-36(31-34-19-35-42-31)43(37,38)30-16-29-21(14-26(30)32)13-22(18-41-29)24-7-3-4-8-25(24)27-9-5-6-12-33-27/h3-4,7-8,10-11,14-16,19,22,27,33H,5-6,9,12-13,17-18H2,1-2H3/t22?,27-/m0/s1. The fraction of sp³-hybridized carbons (Fsp3) is 0.355. The highest BCUT2D eigenvalue weighted by Crippen LogP contribution is 2.40. The van der Waals surface area contributed by atoms with Gasteiger partial charge in [0.15, 0.2) is 0 Å². The maximum atomic E-state index is 15.8. The molecule has 1 aromatic heterocycles. The summed E-state index contributed by atoms with van der Waals surface area (Å²) >= 11 is 0.900. The van der Waals surface area contributed by atoms with Gasteiger partial charge in [0.25, 0.3) is 10.0 Å². The molecule has 43 heavy (non-hydrogen) atoms. The number of nitrogens with one attached hydrogen (secondary N) is 1. The van der Waals surface area contributed by atoms with Crippen LogP contribution in [0.1, 0.15) is 53.5 Å². The zero-order chi connectivity index (χ0) is 30.0. The lowest BCUT2D eigenvalue weighted by molar-refractivity contribution is 0.259. The lowest BCUT2D eigenvalue weighted by atomic mass is 9.84. The van der Waals surface area contributed by atoms with E-state index in [9.17, 15) is 8.42 Å². The van der Waals surface area contributed by atoms with Crippen molar-refractivity contribution in [2.75, 3.05) is 31.7 Å². The van der Waals surface area contributed by atoms with Gasteiger partial charge in [-0.2, -0.15) is 4.37 Å². The molecule has 1 unspecified atom stereocenters. The van der Waals surface area contributed by atoms with Crippen molar-refractivity contribution in [2.45, 2.75) is 49.1 Å². The highest BCUT2D eigenvalue weighted by atomic mass is 32.2. The van der Waals surface area contributed by atoms with Crippen LogP contribution in [-0.4, -0.2) is 45.1 Å². The fourth-order valence-electron chi connectivity index (χ4n) is 5.89. The zero-order valence-electron chi connectivity index (χ0n) is 24.0. The minimum absolute atomic E-state index is 0.0229. The predicted octanol–water partition coefficient (Wildman–Crippen LogP) is 5.62. The van der Waals surface area contributed by atoms with Gasteiger partial charge >= 0.3 is 0 Å². The van der Waals surface area contributed by atoms with Crippen LogP contribution in [-0.2, 0) is 23.0 Å². The van der Waals surface area contributed by atoms with E-state index in [0.717, 1.165) is 28.8 Å². The maximum absolute atomic E-state index is 15.8. The van der Waals surface area contributed by atoms with E-state index in [1.54, 1.807) is 18.2 Å². The van der Waals surface area contributed by atoms with Crippen molar-refractivity contribution in [3.05, 3.63) is 89.0 Å². The van der Waals surface area contributed by atoms with Crippen LogP contribution in [0.15, 0.2) is 65.8 Å². The van der Waals surface area contributed by atoms with E-state index in [0.29, 0.717) is 41.4 Å². The van der Waals surface area contributed by atoms with Gasteiger partial charge in [-0.15, -0.1) is 0 Å². The third kappa shape index (κ3) is 5.91. The third-order valence-corrected chi connectivity index (χ3v) is 10.6. The van der Waals surface area contributed by atoms with Crippen molar-refractivity contribution in [3.8, 4) is 17.2 Å². The quantitative estimate of drug-likeness (QED) is 0.256. The van der Waals surface area contributed by atoms with Crippen molar-refractivity contribution < 1.29 is 27.0 Å². The molecule has 6 rings (SSSR count). The number of hydrogen-bond acceptors (Lipinski definition) is 9. The van der Waals surface area contributed by atoms with E-state index in [2.05, 4.69) is 32.9 Å². The Morgan fingerprint density at radius 1 is 1.09 bits per heavy atom. The molecule has 4 aromatic rings. The van der Waals surface area contributed by atoms with Crippen molar-refractivity contribution in [2.24, 2.45) is 0 Å². The van der Waals surface area contributed by atoms with E-state index in [4.69, 9.17) is 14.2 Å². The molecule has 0 radical (unpaired) electrons. The summed E-state index contributed by atoms with van der Waals surface area (Å²) in [6.45, 7) is 1.20. The van der Waals surface area contributed by atoms with Crippen LogP contribution in [0, 0.1) is 5.82 Å². The molecule has 2 aliphatic rings. The maximum Gasteiger partial charge on any atom is 0.269 e. The molecule has 0 bridgehead atoms. The van der Waals surface area contributed by atoms with Gasteiger partial charge in [-0.05, 0) is 60.7 Å². The van der Waals surface area contributed by atoms with Gasteiger partial charge in [-0.3, -0.25) is 0 Å². The molecule has 1 N–H and O–H groups in total. The highest BCUT2D eigenvalue weighted by Gasteiger charge is 2.34. The number of ether oxygens (including phenoxy) is 3. The van der Waals surface area contributed by atoms with Gasteiger partial charge < -0.3 is 19.5 Å². The van der Waals surface area contributed by atoms with E-state index < -0.39 is 20.7 Å². The van der Waals surface area contributed by atoms with Crippen molar-refractivity contribution in [1.82, 2.24) is 14.7 Å². The van der Waals surface area contributed by atoms with Crippen molar-refractivity contribution in [1.29, 1.82) is 0 Å². The lowest BCUT2D eigenvalue weighted by Gasteiger charge is -2.31. The molecule has 0 aliphatic carbocycles. The van der Waals surface area contributed by atoms with Gasteiger partial charge in [0.05, 0.1) is 27.4 Å². The summed E-state index contributed by atoms with van der Waals surface area (Å²) in [6.07, 6.45) is 5.23. The second kappa shape index (κ2) is 12.5. The number of piperidine rings is 1. The fourth-order valence-corrected chi connectivity index (χ4v) is 8.08. The first-order valence-corrected chi connectivity index (χ1v) is 16.4. The van der Waals surface area contributed by atoms with Crippen LogP contribution in [0.4, 0.5) is 9.52 Å². The minimum Gasteiger partial charge on any atom is -0.497 e. The normalized spacial score (nSPS) is 18.4. The van der Waals surface area contributed by atoms with Crippen LogP contribution in [0.5, 0.6) is 17.2 Å². The number of fused-ring (bicyclic) bond motifs is 1. The summed E-state index contributed by atoms with van der Waals surface area (Å²) in [5.74, 6) is 0.521. The van der Waals surface area contributed by atoms with Crippen molar-refractivity contribution in [3.63, 3.8) is 0 Å². The Morgan fingerprint density at radius 3 is 2.65 bits per heavy atom. The minimum atomic E-state index is -4.42. The summed E-state index contributed by atoms with van der Waals surface area (Å²) in [7, 11) is -1.41. The Labute approximate surface area is 254 Å². The monoisotopic (exact) mass is 624 g/mol. The third-order valence-electron chi connectivity index (χ3n) is 8.08. The molecule has 0 saturated carbocycles. The van der Waals surface area contributed by atoms with Crippen LogP contribution in [0.2, 0.25) is 0 Å². The zero-order valence-corrected chi connectivity index (χ0v) is 25.6. The molecule has 3 heterocycles. The van der Waals surface area contributed by atoms with E-state index in [-0.39, 0.29) is 23.6 Å². The Bertz CT molecular complexity index is 1690. The molecule has 226 valence electrons. The first-order chi connectivity index (χ1) is 20.9. The number of aromatic nitrogens is 2. The number of sulfonamides is 1. The number of methoxy groups -OCH3 is 2. The highest BCUT2D eigenvalue weighted by molar-refractivity contribution is 7.93. The summed E-state index contributed by atoms with van der Waals surface area (Å²) in [5, 5.41) is 3.73. The molecule has 0 amide bonds. The molecule has 2 aliphatic heterocycles. The van der Waals surface area contributed by atoms with Crippen LogP contribution in [0.25, 0.3) is 0 Å². The SMILES string of the molecule is COc1ccc(CN(c2ncns2)S(=O)(=O)c2cc3c(cc2F)CC(c2ccccc2[C@@H]2CCCCN2)CO3)c(OC)c1. The predicted molar refractivity (Wildman–Crippen MR) is 162 cm³/mol. The molecule has 1 saturated heterocycles. The van der Waals surface area contributed by atoms with Crippen LogP contribution in [0.3, 0.4) is 0 Å². The second-order valence-electron chi connectivity index (χ2n) is 10.6. The van der Waals surface area contributed by atoms with E-state index in [1.807, 2.05) is 6.07 Å². The van der Waals surface area contributed by atoms with Gasteiger partial charge in [-0.25, -0.2) is 22.1 Å². The molecular weight excluding hydrogens is 591 g/mol. The second-order valence-corrected chi connectivity index (χ2v) is 13.2. The van der Waals surface area contributed by atoms with Gasteiger partial charge in [-0.1, -0.05) is 30.7 Å². The molecule has 3 aromatic carbocycles. The number of rotatable bonds is 9. The Hall–Kier alpha value is -3.74. The summed E-state index contributed by atoms with van der Waals surface area (Å²) in [5.41, 5.74) is 3.62. The smallest absolute Gasteiger partial charge is 0.269 e. The average Bonchev–Trinajstić information content (AvgIpc) is 3.58. The first-order valence-electron chi connectivity index (χ1n) is 14.2. The molecule has 2 atom stereocenters. The van der Waals surface area contributed by atoms with Gasteiger partial charge in [0, 0.05) is 41.2 Å². The lowest BCUT2D eigenvalue weighted by Crippen LogP contribution is -2.32. The Kier molecular flexibility index (Phi) is 8.51.